The zero-order valence-electron chi connectivity index (χ0n) is 11.2. The van der Waals surface area contributed by atoms with Gasteiger partial charge in [-0.15, -0.1) is 0 Å². The molecule has 0 aliphatic carbocycles. The third-order valence-electron chi connectivity index (χ3n) is 3.27. The van der Waals surface area contributed by atoms with E-state index < -0.39 is 6.10 Å². The first kappa shape index (κ1) is 12.8. The third kappa shape index (κ3) is 2.62. The number of aliphatic hydroxyl groups is 1. The predicted octanol–water partition coefficient (Wildman–Crippen LogP) is 3.05. The molecular weight excluding hydrogens is 224 g/mol. The second-order valence-corrected chi connectivity index (χ2v) is 4.97. The lowest BCUT2D eigenvalue weighted by atomic mass is 10.0. The van der Waals surface area contributed by atoms with Gasteiger partial charge in [0.25, 0.3) is 0 Å². The molecule has 1 heterocycles. The zero-order valence-corrected chi connectivity index (χ0v) is 11.2. The van der Waals surface area contributed by atoms with Crippen molar-refractivity contribution in [2.75, 3.05) is 0 Å². The number of hydrogen-bond donors (Lipinski definition) is 1. The molecule has 0 aliphatic heterocycles. The second kappa shape index (κ2) is 5.36. The van der Waals surface area contributed by atoms with Gasteiger partial charge in [-0.3, -0.25) is 0 Å². The van der Waals surface area contributed by atoms with Crippen LogP contribution in [0.15, 0.2) is 36.8 Å². The Bertz CT molecular complexity index is 517. The Kier molecular flexibility index (Phi) is 3.82. The maximum Gasteiger partial charge on any atom is 0.0996 e. The van der Waals surface area contributed by atoms with Crippen molar-refractivity contribution in [2.24, 2.45) is 0 Å². The van der Waals surface area contributed by atoms with Crippen molar-refractivity contribution in [2.45, 2.75) is 39.3 Å². The molecule has 0 aliphatic rings. The van der Waals surface area contributed by atoms with Gasteiger partial charge in [-0.1, -0.05) is 24.3 Å². The second-order valence-electron chi connectivity index (χ2n) is 4.97. The van der Waals surface area contributed by atoms with Gasteiger partial charge in [-0.05, 0) is 31.9 Å². The van der Waals surface area contributed by atoms with Crippen LogP contribution in [0, 0.1) is 6.92 Å². The van der Waals surface area contributed by atoms with Crippen LogP contribution in [0.25, 0.3) is 0 Å². The molecule has 2 aromatic rings. The summed E-state index contributed by atoms with van der Waals surface area (Å²) in [6.07, 6.45) is 3.66. The molecule has 1 aromatic carbocycles. The smallest absolute Gasteiger partial charge is 0.0996 e. The van der Waals surface area contributed by atoms with Crippen LogP contribution >= 0.6 is 0 Å². The van der Waals surface area contributed by atoms with Gasteiger partial charge in [-0.25, -0.2) is 4.98 Å². The van der Waals surface area contributed by atoms with Crippen molar-refractivity contribution in [3.63, 3.8) is 0 Å². The third-order valence-corrected chi connectivity index (χ3v) is 3.27. The van der Waals surface area contributed by atoms with Gasteiger partial charge in [0, 0.05) is 12.5 Å². The van der Waals surface area contributed by atoms with Gasteiger partial charge >= 0.3 is 0 Å². The number of nitrogens with zero attached hydrogens (tertiary/aromatic N) is 2. The fourth-order valence-electron chi connectivity index (χ4n) is 2.16. The number of aromatic nitrogens is 2. The Labute approximate surface area is 108 Å². The van der Waals surface area contributed by atoms with E-state index in [9.17, 15) is 5.11 Å². The molecule has 18 heavy (non-hydrogen) atoms. The molecule has 0 fully saturated rings. The normalized spacial score (nSPS) is 12.9. The average Bonchev–Trinajstić information content (AvgIpc) is 2.81. The van der Waals surface area contributed by atoms with Crippen molar-refractivity contribution in [3.8, 4) is 0 Å². The standard InChI is InChI=1S/C15H20N2O/c1-11(2)17-10-16-9-14(17)15(18)8-13-7-5-4-6-12(13)3/h4-7,9-11,15,18H,8H2,1-3H3. The van der Waals surface area contributed by atoms with Crippen LogP contribution in [-0.4, -0.2) is 14.7 Å². The SMILES string of the molecule is Cc1ccccc1CC(O)c1cncn1C(C)C. The topological polar surface area (TPSA) is 38.1 Å². The molecule has 1 unspecified atom stereocenters. The summed E-state index contributed by atoms with van der Waals surface area (Å²) in [5.74, 6) is 0. The number of aliphatic hydroxyl groups excluding tert-OH is 1. The fraction of sp³-hybridized carbons (Fsp3) is 0.400. The summed E-state index contributed by atoms with van der Waals surface area (Å²) in [6, 6.07) is 8.48. The van der Waals surface area contributed by atoms with Gasteiger partial charge in [0.2, 0.25) is 0 Å². The lowest BCUT2D eigenvalue weighted by molar-refractivity contribution is 0.167. The Morgan fingerprint density at radius 3 is 2.67 bits per heavy atom. The minimum atomic E-state index is -0.504. The molecule has 1 aromatic heterocycles. The van der Waals surface area contributed by atoms with Crippen molar-refractivity contribution in [1.82, 2.24) is 9.55 Å². The molecule has 0 saturated heterocycles. The molecule has 1 atom stereocenters. The molecule has 0 saturated carbocycles. The number of benzene rings is 1. The molecule has 0 bridgehead atoms. The van der Waals surface area contributed by atoms with Crippen LogP contribution in [0.2, 0.25) is 0 Å². The van der Waals surface area contributed by atoms with E-state index in [4.69, 9.17) is 0 Å². The lowest BCUT2D eigenvalue weighted by Gasteiger charge is -2.17. The van der Waals surface area contributed by atoms with E-state index in [2.05, 4.69) is 37.9 Å². The zero-order chi connectivity index (χ0) is 13.1. The first-order valence-electron chi connectivity index (χ1n) is 6.34. The highest BCUT2D eigenvalue weighted by Gasteiger charge is 2.15. The summed E-state index contributed by atoms with van der Waals surface area (Å²) >= 11 is 0. The van der Waals surface area contributed by atoms with E-state index in [-0.39, 0.29) is 0 Å². The quantitative estimate of drug-likeness (QED) is 0.897. The van der Waals surface area contributed by atoms with Gasteiger partial charge in [-0.2, -0.15) is 0 Å². The molecular formula is C15H20N2O. The fourth-order valence-corrected chi connectivity index (χ4v) is 2.16. The van der Waals surface area contributed by atoms with Gasteiger partial charge in [0.15, 0.2) is 0 Å². The highest BCUT2D eigenvalue weighted by atomic mass is 16.3. The Balaban J connectivity index is 2.20. The van der Waals surface area contributed by atoms with E-state index in [1.54, 1.807) is 12.5 Å². The number of aryl methyl sites for hydroxylation is 1. The molecule has 2 rings (SSSR count). The lowest BCUT2D eigenvalue weighted by Crippen LogP contribution is -2.11. The monoisotopic (exact) mass is 244 g/mol. The van der Waals surface area contributed by atoms with Gasteiger partial charge < -0.3 is 9.67 Å². The molecule has 0 amide bonds. The highest BCUT2D eigenvalue weighted by molar-refractivity contribution is 5.27. The number of imidazole rings is 1. The van der Waals surface area contributed by atoms with Crippen LogP contribution in [0.1, 0.15) is 42.8 Å². The summed E-state index contributed by atoms with van der Waals surface area (Å²) in [5.41, 5.74) is 3.28. The van der Waals surface area contributed by atoms with E-state index in [0.29, 0.717) is 12.5 Å². The van der Waals surface area contributed by atoms with E-state index in [0.717, 1.165) is 5.69 Å². The largest absolute Gasteiger partial charge is 0.386 e. The summed E-state index contributed by atoms with van der Waals surface area (Å²) in [6.45, 7) is 6.25. The number of rotatable bonds is 4. The highest BCUT2D eigenvalue weighted by Crippen LogP contribution is 2.22. The number of hydrogen-bond acceptors (Lipinski definition) is 2. The van der Waals surface area contributed by atoms with Crippen LogP contribution < -0.4 is 0 Å². The van der Waals surface area contributed by atoms with Crippen molar-refractivity contribution in [3.05, 3.63) is 53.6 Å². The minimum absolute atomic E-state index is 0.314. The Morgan fingerprint density at radius 1 is 1.28 bits per heavy atom. The van der Waals surface area contributed by atoms with E-state index in [1.807, 2.05) is 16.7 Å². The van der Waals surface area contributed by atoms with Crippen LogP contribution in [0.3, 0.4) is 0 Å². The summed E-state index contributed by atoms with van der Waals surface area (Å²) in [7, 11) is 0. The molecule has 3 nitrogen and oxygen atoms in total. The average molecular weight is 244 g/mol. The Hall–Kier alpha value is -1.61. The Morgan fingerprint density at radius 2 is 2.00 bits per heavy atom. The molecule has 1 N–H and O–H groups in total. The van der Waals surface area contributed by atoms with E-state index in [1.165, 1.54) is 11.1 Å². The van der Waals surface area contributed by atoms with Crippen molar-refractivity contribution < 1.29 is 5.11 Å². The van der Waals surface area contributed by atoms with Crippen molar-refractivity contribution >= 4 is 0 Å². The maximum absolute atomic E-state index is 10.4. The first-order valence-corrected chi connectivity index (χ1v) is 6.34. The van der Waals surface area contributed by atoms with E-state index >= 15 is 0 Å². The molecule has 0 radical (unpaired) electrons. The molecule has 0 spiro atoms. The van der Waals surface area contributed by atoms with Crippen LogP contribution in [-0.2, 0) is 6.42 Å². The summed E-state index contributed by atoms with van der Waals surface area (Å²) in [5, 5.41) is 10.4. The van der Waals surface area contributed by atoms with Crippen LogP contribution in [0.4, 0.5) is 0 Å². The molecule has 3 heteroatoms. The predicted molar refractivity (Wildman–Crippen MR) is 72.5 cm³/mol. The summed E-state index contributed by atoms with van der Waals surface area (Å²) < 4.78 is 2.02. The van der Waals surface area contributed by atoms with Crippen molar-refractivity contribution in [1.29, 1.82) is 0 Å². The maximum atomic E-state index is 10.4. The van der Waals surface area contributed by atoms with Crippen LogP contribution in [0.5, 0.6) is 0 Å². The summed E-state index contributed by atoms with van der Waals surface area (Å²) in [4.78, 5) is 4.13. The van der Waals surface area contributed by atoms with Gasteiger partial charge in [0.05, 0.1) is 24.3 Å². The van der Waals surface area contributed by atoms with Gasteiger partial charge in [0.1, 0.15) is 0 Å². The minimum Gasteiger partial charge on any atom is -0.386 e. The first-order chi connectivity index (χ1) is 8.59. The molecule has 96 valence electrons.